The molecule has 0 heterocycles. The number of hydrogen-bond acceptors (Lipinski definition) is 4. The minimum absolute atomic E-state index is 0.260. The Kier molecular flexibility index (Phi) is 9.67. The molecule has 4 nitrogen and oxygen atoms in total. The van der Waals surface area contributed by atoms with Crippen LogP contribution < -0.4 is 10.1 Å². The molecule has 0 fully saturated rings. The van der Waals surface area contributed by atoms with E-state index < -0.39 is 6.10 Å². The van der Waals surface area contributed by atoms with Crippen LogP contribution >= 0.6 is 11.6 Å². The topological polar surface area (TPSA) is 50.7 Å². The maximum absolute atomic E-state index is 10.1. The molecule has 5 heteroatoms. The Labute approximate surface area is 151 Å². The van der Waals surface area contributed by atoms with Crippen molar-refractivity contribution in [3.05, 3.63) is 28.3 Å². The van der Waals surface area contributed by atoms with Gasteiger partial charge in [0, 0.05) is 18.2 Å². The Morgan fingerprint density at radius 3 is 2.54 bits per heavy atom. The zero-order chi connectivity index (χ0) is 18.1. The number of rotatable bonds is 11. The first-order chi connectivity index (χ1) is 11.3. The summed E-state index contributed by atoms with van der Waals surface area (Å²) in [5.41, 5.74) is 2.05. The SMILES string of the molecule is Cc1cc(OCC(O)CNCCCOC(C)C)c(C(C)C)cc1Cl. The van der Waals surface area contributed by atoms with Gasteiger partial charge >= 0.3 is 0 Å². The third-order valence-corrected chi connectivity index (χ3v) is 4.08. The number of aryl methyl sites for hydroxylation is 1. The molecule has 0 aromatic heterocycles. The van der Waals surface area contributed by atoms with Crippen molar-refractivity contribution in [2.75, 3.05) is 26.3 Å². The lowest BCUT2D eigenvalue weighted by Crippen LogP contribution is -2.32. The van der Waals surface area contributed by atoms with Crippen LogP contribution in [0.2, 0.25) is 5.02 Å². The van der Waals surface area contributed by atoms with Crippen molar-refractivity contribution in [3.8, 4) is 5.75 Å². The average molecular weight is 358 g/mol. The lowest BCUT2D eigenvalue weighted by molar-refractivity contribution is 0.0748. The van der Waals surface area contributed by atoms with Crippen molar-refractivity contribution in [3.63, 3.8) is 0 Å². The first-order valence-corrected chi connectivity index (χ1v) is 9.12. The fourth-order valence-corrected chi connectivity index (χ4v) is 2.45. The Bertz CT molecular complexity index is 492. The Balaban J connectivity index is 2.36. The Morgan fingerprint density at radius 2 is 1.92 bits per heavy atom. The summed E-state index contributed by atoms with van der Waals surface area (Å²) in [5.74, 6) is 1.12. The first-order valence-electron chi connectivity index (χ1n) is 8.74. The average Bonchev–Trinajstić information content (AvgIpc) is 2.50. The molecule has 1 aromatic carbocycles. The van der Waals surface area contributed by atoms with Crippen molar-refractivity contribution in [1.29, 1.82) is 0 Å². The number of ether oxygens (including phenoxy) is 2. The van der Waals surface area contributed by atoms with E-state index in [1.54, 1.807) is 0 Å². The number of aliphatic hydroxyl groups excluding tert-OH is 1. The molecule has 0 aliphatic rings. The summed E-state index contributed by atoms with van der Waals surface area (Å²) in [6.07, 6.45) is 0.647. The molecule has 2 N–H and O–H groups in total. The molecule has 24 heavy (non-hydrogen) atoms. The molecule has 1 rings (SSSR count). The van der Waals surface area contributed by atoms with Crippen LogP contribution in [0.15, 0.2) is 12.1 Å². The van der Waals surface area contributed by atoms with Gasteiger partial charge in [-0.3, -0.25) is 0 Å². The highest BCUT2D eigenvalue weighted by atomic mass is 35.5. The second kappa shape index (κ2) is 10.9. The van der Waals surface area contributed by atoms with E-state index in [1.165, 1.54) is 0 Å². The van der Waals surface area contributed by atoms with Gasteiger partial charge in [0.05, 0.1) is 6.10 Å². The van der Waals surface area contributed by atoms with E-state index in [2.05, 4.69) is 19.2 Å². The minimum atomic E-state index is -0.549. The number of aliphatic hydroxyl groups is 1. The highest BCUT2D eigenvalue weighted by Gasteiger charge is 2.13. The van der Waals surface area contributed by atoms with Crippen LogP contribution in [0.4, 0.5) is 0 Å². The van der Waals surface area contributed by atoms with Crippen LogP contribution in [0.25, 0.3) is 0 Å². The zero-order valence-electron chi connectivity index (χ0n) is 15.6. The van der Waals surface area contributed by atoms with Gasteiger partial charge < -0.3 is 19.9 Å². The monoisotopic (exact) mass is 357 g/mol. The molecule has 0 saturated heterocycles. The normalized spacial score (nSPS) is 12.9. The molecule has 0 amide bonds. The molecular formula is C19H32ClNO3. The van der Waals surface area contributed by atoms with Crippen LogP contribution in [-0.2, 0) is 4.74 Å². The molecule has 1 aromatic rings. The Hall–Kier alpha value is -0.810. The van der Waals surface area contributed by atoms with Crippen molar-refractivity contribution in [2.24, 2.45) is 0 Å². The molecule has 0 aliphatic carbocycles. The molecule has 0 bridgehead atoms. The van der Waals surface area contributed by atoms with Crippen LogP contribution in [0.5, 0.6) is 5.75 Å². The first kappa shape index (κ1) is 21.2. The van der Waals surface area contributed by atoms with E-state index in [4.69, 9.17) is 21.1 Å². The minimum Gasteiger partial charge on any atom is -0.491 e. The highest BCUT2D eigenvalue weighted by molar-refractivity contribution is 6.31. The molecule has 0 radical (unpaired) electrons. The summed E-state index contributed by atoms with van der Waals surface area (Å²) >= 11 is 6.20. The summed E-state index contributed by atoms with van der Waals surface area (Å²) < 4.78 is 11.3. The predicted molar refractivity (Wildman–Crippen MR) is 100 cm³/mol. The van der Waals surface area contributed by atoms with Crippen LogP contribution in [-0.4, -0.2) is 43.6 Å². The molecular weight excluding hydrogens is 326 g/mol. The number of halogens is 1. The van der Waals surface area contributed by atoms with E-state index >= 15 is 0 Å². The standard InChI is InChI=1S/C19H32ClNO3/c1-13(2)17-10-18(20)15(5)9-19(17)24-12-16(22)11-21-7-6-8-23-14(3)4/h9-10,13-14,16,21-22H,6-8,11-12H2,1-5H3. The van der Waals surface area contributed by atoms with Gasteiger partial charge in [0.2, 0.25) is 0 Å². The maximum Gasteiger partial charge on any atom is 0.123 e. The van der Waals surface area contributed by atoms with E-state index in [-0.39, 0.29) is 12.7 Å². The van der Waals surface area contributed by atoms with E-state index in [0.29, 0.717) is 12.5 Å². The van der Waals surface area contributed by atoms with Crippen LogP contribution in [0, 0.1) is 6.92 Å². The van der Waals surface area contributed by atoms with Crippen LogP contribution in [0.1, 0.15) is 51.2 Å². The van der Waals surface area contributed by atoms with Crippen molar-refractivity contribution in [1.82, 2.24) is 5.32 Å². The van der Waals surface area contributed by atoms with E-state index in [1.807, 2.05) is 32.9 Å². The van der Waals surface area contributed by atoms with Gasteiger partial charge in [-0.2, -0.15) is 0 Å². The van der Waals surface area contributed by atoms with Crippen LogP contribution in [0.3, 0.4) is 0 Å². The van der Waals surface area contributed by atoms with E-state index in [9.17, 15) is 5.11 Å². The largest absolute Gasteiger partial charge is 0.491 e. The van der Waals surface area contributed by atoms with Gasteiger partial charge in [0.15, 0.2) is 0 Å². The predicted octanol–water partition coefficient (Wildman–Crippen LogP) is 3.92. The second-order valence-corrected chi connectivity index (χ2v) is 7.14. The smallest absolute Gasteiger partial charge is 0.123 e. The highest BCUT2D eigenvalue weighted by Crippen LogP contribution is 2.32. The van der Waals surface area contributed by atoms with Crippen molar-refractivity contribution >= 4 is 11.6 Å². The van der Waals surface area contributed by atoms with Gasteiger partial charge in [0.1, 0.15) is 18.5 Å². The molecule has 0 aliphatic heterocycles. The molecule has 1 atom stereocenters. The molecule has 138 valence electrons. The summed E-state index contributed by atoms with van der Waals surface area (Å²) in [6, 6.07) is 3.90. The zero-order valence-corrected chi connectivity index (χ0v) is 16.3. The number of hydrogen-bond donors (Lipinski definition) is 2. The second-order valence-electron chi connectivity index (χ2n) is 6.74. The summed E-state index contributed by atoms with van der Waals surface area (Å²) in [7, 11) is 0. The van der Waals surface area contributed by atoms with Crippen molar-refractivity contribution < 1.29 is 14.6 Å². The third-order valence-electron chi connectivity index (χ3n) is 3.67. The molecule has 0 spiro atoms. The van der Waals surface area contributed by atoms with Gasteiger partial charge in [-0.25, -0.2) is 0 Å². The van der Waals surface area contributed by atoms with Gasteiger partial charge in [-0.15, -0.1) is 0 Å². The third kappa shape index (κ3) is 7.84. The summed E-state index contributed by atoms with van der Waals surface area (Å²) in [4.78, 5) is 0. The fraction of sp³-hybridized carbons (Fsp3) is 0.684. The van der Waals surface area contributed by atoms with Crippen molar-refractivity contribution in [2.45, 2.75) is 59.2 Å². The van der Waals surface area contributed by atoms with Gasteiger partial charge in [0.25, 0.3) is 0 Å². The van der Waals surface area contributed by atoms with E-state index in [0.717, 1.165) is 41.5 Å². The number of nitrogens with one attached hydrogen (secondary N) is 1. The molecule has 0 saturated carbocycles. The lowest BCUT2D eigenvalue weighted by atomic mass is 10.0. The summed E-state index contributed by atoms with van der Waals surface area (Å²) in [5, 5.41) is 14.0. The fourth-order valence-electron chi connectivity index (χ4n) is 2.28. The van der Waals surface area contributed by atoms with Gasteiger partial charge in [-0.05, 0) is 62.9 Å². The van der Waals surface area contributed by atoms with Gasteiger partial charge in [-0.1, -0.05) is 25.4 Å². The maximum atomic E-state index is 10.1. The number of benzene rings is 1. The quantitative estimate of drug-likeness (QED) is 0.589. The summed E-state index contributed by atoms with van der Waals surface area (Å²) in [6.45, 7) is 12.5. The lowest BCUT2D eigenvalue weighted by Gasteiger charge is -2.18. The Morgan fingerprint density at radius 1 is 1.21 bits per heavy atom. The molecule has 1 unspecified atom stereocenters.